The monoisotopic (exact) mass is 291 g/mol. The highest BCUT2D eigenvalue weighted by Gasteiger charge is 2.28. The number of rotatable bonds is 5. The standard InChI is InChI=1S/C12H25N3O3S/c1-18-12-2-6-15(7-3-12)19(16,17)11-10-14-8-4-13-5-9-14/h12-13H,2-11H2,1H3. The first kappa shape index (κ1) is 15.2. The Morgan fingerprint density at radius 1 is 1.16 bits per heavy atom. The Labute approximate surface area is 116 Å². The highest BCUT2D eigenvalue weighted by Crippen LogP contribution is 2.16. The minimum absolute atomic E-state index is 0.222. The van der Waals surface area contributed by atoms with Gasteiger partial charge in [0.15, 0.2) is 0 Å². The summed E-state index contributed by atoms with van der Waals surface area (Å²) in [6.45, 7) is 5.65. The third-order valence-corrected chi connectivity index (χ3v) is 5.85. The summed E-state index contributed by atoms with van der Waals surface area (Å²) in [5, 5.41) is 3.27. The molecule has 0 aromatic carbocycles. The lowest BCUT2D eigenvalue weighted by atomic mass is 10.1. The van der Waals surface area contributed by atoms with Gasteiger partial charge in [0, 0.05) is 52.9 Å². The van der Waals surface area contributed by atoms with E-state index in [0.717, 1.165) is 39.0 Å². The SMILES string of the molecule is COC1CCN(S(=O)(=O)CCN2CCNCC2)CC1. The number of hydrogen-bond donors (Lipinski definition) is 1. The van der Waals surface area contributed by atoms with E-state index in [1.165, 1.54) is 0 Å². The van der Waals surface area contributed by atoms with E-state index in [0.29, 0.717) is 19.6 Å². The fraction of sp³-hybridized carbons (Fsp3) is 1.00. The average Bonchev–Trinajstić information content (AvgIpc) is 2.46. The van der Waals surface area contributed by atoms with Crippen LogP contribution in [0.5, 0.6) is 0 Å². The Hall–Kier alpha value is -0.210. The first-order valence-corrected chi connectivity index (χ1v) is 8.66. The lowest BCUT2D eigenvalue weighted by Gasteiger charge is -2.32. The maximum absolute atomic E-state index is 12.3. The molecule has 2 heterocycles. The van der Waals surface area contributed by atoms with E-state index in [-0.39, 0.29) is 11.9 Å². The molecule has 2 aliphatic rings. The van der Waals surface area contributed by atoms with Crippen molar-refractivity contribution in [2.45, 2.75) is 18.9 Å². The van der Waals surface area contributed by atoms with Crippen LogP contribution in [0.4, 0.5) is 0 Å². The molecule has 0 radical (unpaired) electrons. The summed E-state index contributed by atoms with van der Waals surface area (Å²) >= 11 is 0. The molecule has 1 N–H and O–H groups in total. The molecule has 6 nitrogen and oxygen atoms in total. The molecule has 112 valence electrons. The van der Waals surface area contributed by atoms with Crippen LogP contribution < -0.4 is 5.32 Å². The van der Waals surface area contributed by atoms with E-state index in [9.17, 15) is 8.42 Å². The molecule has 0 unspecified atom stereocenters. The smallest absolute Gasteiger partial charge is 0.215 e. The van der Waals surface area contributed by atoms with Crippen LogP contribution in [0.25, 0.3) is 0 Å². The Bertz CT molecular complexity index is 360. The van der Waals surface area contributed by atoms with E-state index in [4.69, 9.17) is 4.74 Å². The fourth-order valence-electron chi connectivity index (χ4n) is 2.65. The number of hydrogen-bond acceptors (Lipinski definition) is 5. The van der Waals surface area contributed by atoms with Crippen LogP contribution in [-0.2, 0) is 14.8 Å². The predicted molar refractivity (Wildman–Crippen MR) is 74.7 cm³/mol. The minimum atomic E-state index is -3.10. The predicted octanol–water partition coefficient (Wildman–Crippen LogP) is -0.668. The zero-order valence-electron chi connectivity index (χ0n) is 11.7. The van der Waals surface area contributed by atoms with Crippen LogP contribution in [-0.4, -0.2) is 82.4 Å². The average molecular weight is 291 g/mol. The topological polar surface area (TPSA) is 61.9 Å². The van der Waals surface area contributed by atoms with Gasteiger partial charge in [-0.25, -0.2) is 12.7 Å². The van der Waals surface area contributed by atoms with E-state index in [1.807, 2.05) is 0 Å². The second-order valence-corrected chi connectivity index (χ2v) is 7.33. The third kappa shape index (κ3) is 4.39. The van der Waals surface area contributed by atoms with Crippen molar-refractivity contribution in [2.75, 3.05) is 58.7 Å². The summed E-state index contributed by atoms with van der Waals surface area (Å²) in [7, 11) is -1.40. The molecule has 0 atom stereocenters. The molecule has 0 amide bonds. The van der Waals surface area contributed by atoms with Gasteiger partial charge in [-0.05, 0) is 12.8 Å². The molecule has 2 aliphatic heterocycles. The summed E-state index contributed by atoms with van der Waals surface area (Å²) in [6, 6.07) is 0. The van der Waals surface area contributed by atoms with Gasteiger partial charge in [0.05, 0.1) is 11.9 Å². The van der Waals surface area contributed by atoms with Gasteiger partial charge in [0.2, 0.25) is 10.0 Å². The third-order valence-electron chi connectivity index (χ3n) is 4.00. The highest BCUT2D eigenvalue weighted by molar-refractivity contribution is 7.89. The van der Waals surface area contributed by atoms with E-state index < -0.39 is 10.0 Å². The van der Waals surface area contributed by atoms with Crippen molar-refractivity contribution in [3.05, 3.63) is 0 Å². The van der Waals surface area contributed by atoms with Gasteiger partial charge in [0.1, 0.15) is 0 Å². The number of ether oxygens (including phenoxy) is 1. The quantitative estimate of drug-likeness (QED) is 0.728. The van der Waals surface area contributed by atoms with Crippen LogP contribution in [0.15, 0.2) is 0 Å². The summed E-state index contributed by atoms with van der Waals surface area (Å²) in [6.07, 6.45) is 1.84. The van der Waals surface area contributed by atoms with Crippen LogP contribution >= 0.6 is 0 Å². The molecule has 0 aromatic rings. The van der Waals surface area contributed by atoms with E-state index in [1.54, 1.807) is 11.4 Å². The first-order chi connectivity index (χ1) is 9.12. The molecule has 2 saturated heterocycles. The summed E-state index contributed by atoms with van der Waals surface area (Å²) in [4.78, 5) is 2.22. The van der Waals surface area contributed by atoms with Crippen molar-refractivity contribution in [1.29, 1.82) is 0 Å². The molecule has 0 saturated carbocycles. The van der Waals surface area contributed by atoms with Crippen LogP contribution in [0.2, 0.25) is 0 Å². The Kier molecular flexibility index (Phi) is 5.58. The van der Waals surface area contributed by atoms with Crippen molar-refractivity contribution in [2.24, 2.45) is 0 Å². The molecular weight excluding hydrogens is 266 g/mol. The second-order valence-electron chi connectivity index (χ2n) is 5.24. The number of sulfonamides is 1. The lowest BCUT2D eigenvalue weighted by Crippen LogP contribution is -2.47. The molecule has 2 fully saturated rings. The molecule has 0 bridgehead atoms. The number of methoxy groups -OCH3 is 1. The van der Waals surface area contributed by atoms with Crippen molar-refractivity contribution in [3.8, 4) is 0 Å². The van der Waals surface area contributed by atoms with Crippen molar-refractivity contribution in [1.82, 2.24) is 14.5 Å². The maximum Gasteiger partial charge on any atom is 0.215 e. The van der Waals surface area contributed by atoms with Gasteiger partial charge in [0.25, 0.3) is 0 Å². The van der Waals surface area contributed by atoms with Gasteiger partial charge in [-0.3, -0.25) is 4.90 Å². The second kappa shape index (κ2) is 6.99. The molecule has 0 aromatic heterocycles. The number of nitrogens with one attached hydrogen (secondary N) is 1. The molecule has 0 spiro atoms. The zero-order chi connectivity index (χ0) is 13.7. The fourth-order valence-corrected chi connectivity index (χ4v) is 4.17. The van der Waals surface area contributed by atoms with Gasteiger partial charge >= 0.3 is 0 Å². The highest BCUT2D eigenvalue weighted by atomic mass is 32.2. The normalized spacial score (nSPS) is 24.7. The number of piperazine rings is 1. The minimum Gasteiger partial charge on any atom is -0.381 e. The maximum atomic E-state index is 12.3. The Morgan fingerprint density at radius 3 is 2.37 bits per heavy atom. The number of piperidine rings is 1. The van der Waals surface area contributed by atoms with Crippen molar-refractivity contribution in [3.63, 3.8) is 0 Å². The largest absolute Gasteiger partial charge is 0.381 e. The Balaban J connectivity index is 1.78. The van der Waals surface area contributed by atoms with Crippen molar-refractivity contribution < 1.29 is 13.2 Å². The lowest BCUT2D eigenvalue weighted by molar-refractivity contribution is 0.0604. The van der Waals surface area contributed by atoms with Crippen LogP contribution in [0.1, 0.15) is 12.8 Å². The zero-order valence-corrected chi connectivity index (χ0v) is 12.5. The van der Waals surface area contributed by atoms with E-state index in [2.05, 4.69) is 10.2 Å². The van der Waals surface area contributed by atoms with Gasteiger partial charge in [-0.1, -0.05) is 0 Å². The summed E-state index contributed by atoms with van der Waals surface area (Å²) in [5.74, 6) is 0.241. The van der Waals surface area contributed by atoms with Gasteiger partial charge in [-0.2, -0.15) is 0 Å². The summed E-state index contributed by atoms with van der Waals surface area (Å²) in [5.41, 5.74) is 0. The van der Waals surface area contributed by atoms with Crippen LogP contribution in [0.3, 0.4) is 0 Å². The van der Waals surface area contributed by atoms with Crippen molar-refractivity contribution >= 4 is 10.0 Å². The molecule has 2 rings (SSSR count). The number of nitrogens with zero attached hydrogens (tertiary/aromatic N) is 2. The Morgan fingerprint density at radius 2 is 1.79 bits per heavy atom. The summed E-state index contributed by atoms with van der Waals surface area (Å²) < 4.78 is 31.4. The van der Waals surface area contributed by atoms with Gasteiger partial charge < -0.3 is 10.1 Å². The molecule has 7 heteroatoms. The molecule has 19 heavy (non-hydrogen) atoms. The van der Waals surface area contributed by atoms with Gasteiger partial charge in [-0.15, -0.1) is 0 Å². The molecular formula is C12H25N3O3S. The molecule has 0 aliphatic carbocycles. The first-order valence-electron chi connectivity index (χ1n) is 7.05. The van der Waals surface area contributed by atoms with Crippen LogP contribution in [0, 0.1) is 0 Å². The van der Waals surface area contributed by atoms with E-state index >= 15 is 0 Å².